The summed E-state index contributed by atoms with van der Waals surface area (Å²) in [6, 6.07) is 0. The molecule has 0 amide bonds. The van der Waals surface area contributed by atoms with Crippen LogP contribution in [0.25, 0.3) is 0 Å². The molecule has 29 heavy (non-hydrogen) atoms. The number of aliphatic carboxylic acids is 1. The topological polar surface area (TPSA) is 49.8 Å². The van der Waals surface area contributed by atoms with Gasteiger partial charge in [0, 0.05) is 0 Å². The number of rotatable bonds is 22. The van der Waals surface area contributed by atoms with Gasteiger partial charge in [-0.15, -0.1) is 0 Å². The van der Waals surface area contributed by atoms with Crippen LogP contribution < -0.4 is 0 Å². The Labute approximate surface area is 181 Å². The fraction of sp³-hybridized carbons (Fsp3) is 0.962. The van der Waals surface area contributed by atoms with E-state index < -0.39 is 5.97 Å². The van der Waals surface area contributed by atoms with Gasteiger partial charge in [-0.25, -0.2) is 0 Å². The van der Waals surface area contributed by atoms with Crippen LogP contribution in [-0.4, -0.2) is 23.3 Å². The highest BCUT2D eigenvalue weighted by atomic mass is 16.6. The normalized spacial score (nSPS) is 19.4. The van der Waals surface area contributed by atoms with E-state index in [0.29, 0.717) is 12.2 Å². The predicted octanol–water partition coefficient (Wildman–Crippen LogP) is 8.30. The van der Waals surface area contributed by atoms with Crippen molar-refractivity contribution >= 4 is 5.97 Å². The van der Waals surface area contributed by atoms with Crippen molar-refractivity contribution < 1.29 is 14.6 Å². The first-order valence-electron chi connectivity index (χ1n) is 13.1. The van der Waals surface area contributed by atoms with Gasteiger partial charge < -0.3 is 9.84 Å². The third-order valence-corrected chi connectivity index (χ3v) is 6.58. The molecule has 3 heteroatoms. The van der Waals surface area contributed by atoms with Crippen LogP contribution in [0, 0.1) is 5.92 Å². The summed E-state index contributed by atoms with van der Waals surface area (Å²) in [6.07, 6.45) is 25.6. The van der Waals surface area contributed by atoms with Gasteiger partial charge in [0.15, 0.2) is 0 Å². The first-order chi connectivity index (χ1) is 14.2. The number of unbranched alkanes of at least 4 members (excludes halogenated alkanes) is 13. The molecule has 1 aliphatic rings. The molecule has 1 N–H and O–H groups in total. The molecule has 3 atom stereocenters. The van der Waals surface area contributed by atoms with Crippen LogP contribution in [0.5, 0.6) is 0 Å². The fourth-order valence-electron chi connectivity index (χ4n) is 4.47. The fourth-order valence-corrected chi connectivity index (χ4v) is 4.47. The Kier molecular flexibility index (Phi) is 16.6. The maximum Gasteiger partial charge on any atom is 0.306 e. The van der Waals surface area contributed by atoms with Gasteiger partial charge >= 0.3 is 5.97 Å². The summed E-state index contributed by atoms with van der Waals surface area (Å²) < 4.78 is 5.82. The van der Waals surface area contributed by atoms with E-state index in [1.165, 1.54) is 103 Å². The molecule has 0 aliphatic carbocycles. The van der Waals surface area contributed by atoms with E-state index in [2.05, 4.69) is 13.8 Å². The number of hydrogen-bond acceptors (Lipinski definition) is 2. The first kappa shape index (κ1) is 26.5. The van der Waals surface area contributed by atoms with Crippen molar-refractivity contribution in [2.45, 2.75) is 154 Å². The molecule has 0 radical (unpaired) electrons. The van der Waals surface area contributed by atoms with Crippen LogP contribution >= 0.6 is 0 Å². The van der Waals surface area contributed by atoms with Gasteiger partial charge in [-0.1, -0.05) is 117 Å². The Morgan fingerprint density at radius 1 is 0.655 bits per heavy atom. The molecule has 3 nitrogen and oxygen atoms in total. The van der Waals surface area contributed by atoms with Gasteiger partial charge in [0.25, 0.3) is 0 Å². The first-order valence-corrected chi connectivity index (χ1v) is 13.1. The van der Waals surface area contributed by atoms with Gasteiger partial charge in [-0.2, -0.15) is 0 Å². The van der Waals surface area contributed by atoms with Crippen molar-refractivity contribution in [2.75, 3.05) is 0 Å². The molecule has 1 rings (SSSR count). The lowest BCUT2D eigenvalue weighted by atomic mass is 9.94. The highest BCUT2D eigenvalue weighted by Crippen LogP contribution is 2.32. The van der Waals surface area contributed by atoms with E-state index in [4.69, 9.17) is 4.74 Å². The lowest BCUT2D eigenvalue weighted by Crippen LogP contribution is -2.13. The summed E-state index contributed by atoms with van der Waals surface area (Å²) in [5, 5.41) is 9.44. The van der Waals surface area contributed by atoms with Crippen molar-refractivity contribution in [3.63, 3.8) is 0 Å². The molecule has 0 bridgehead atoms. The summed E-state index contributed by atoms with van der Waals surface area (Å²) in [5.41, 5.74) is 0. The molecule has 3 unspecified atom stereocenters. The molecule has 1 aliphatic heterocycles. The smallest absolute Gasteiger partial charge is 0.306 e. The third-order valence-electron chi connectivity index (χ3n) is 6.58. The number of epoxide rings is 1. The van der Waals surface area contributed by atoms with Gasteiger partial charge in [-0.3, -0.25) is 4.79 Å². The lowest BCUT2D eigenvalue weighted by molar-refractivity contribution is -0.142. The van der Waals surface area contributed by atoms with Crippen molar-refractivity contribution in [2.24, 2.45) is 5.92 Å². The second-order valence-corrected chi connectivity index (χ2v) is 9.35. The second kappa shape index (κ2) is 18.2. The van der Waals surface area contributed by atoms with Crippen molar-refractivity contribution in [3.05, 3.63) is 0 Å². The van der Waals surface area contributed by atoms with Gasteiger partial charge in [0.1, 0.15) is 0 Å². The predicted molar refractivity (Wildman–Crippen MR) is 123 cm³/mol. The number of carboxylic acids is 1. The van der Waals surface area contributed by atoms with Gasteiger partial charge in [0.2, 0.25) is 0 Å². The number of carbonyl (C=O) groups is 1. The Hall–Kier alpha value is -0.570. The number of carboxylic acid groups (broad SMARTS) is 1. The molecule has 1 fully saturated rings. The summed E-state index contributed by atoms with van der Waals surface area (Å²) in [6.45, 7) is 4.50. The third kappa shape index (κ3) is 15.0. The molecule has 0 spiro atoms. The van der Waals surface area contributed by atoms with Crippen molar-refractivity contribution in [1.82, 2.24) is 0 Å². The van der Waals surface area contributed by atoms with Crippen LogP contribution in [0.4, 0.5) is 0 Å². The SMILES string of the molecule is CCCCCCCCC(CCCCCCC1OC1CCCCCCCC)C(=O)O. The molecule has 0 aromatic rings. The van der Waals surface area contributed by atoms with Crippen LogP contribution in [0.1, 0.15) is 142 Å². The number of hydrogen-bond donors (Lipinski definition) is 1. The zero-order valence-electron chi connectivity index (χ0n) is 19.6. The van der Waals surface area contributed by atoms with E-state index in [0.717, 1.165) is 25.7 Å². The molecule has 0 saturated carbocycles. The molecular weight excluding hydrogens is 360 g/mol. The average Bonchev–Trinajstić information content (AvgIpc) is 3.46. The summed E-state index contributed by atoms with van der Waals surface area (Å²) in [7, 11) is 0. The Bertz CT molecular complexity index is 382. The maximum absolute atomic E-state index is 11.5. The summed E-state index contributed by atoms with van der Waals surface area (Å²) in [5.74, 6) is -0.697. The van der Waals surface area contributed by atoms with E-state index >= 15 is 0 Å². The monoisotopic (exact) mass is 410 g/mol. The maximum atomic E-state index is 11.5. The second-order valence-electron chi connectivity index (χ2n) is 9.35. The van der Waals surface area contributed by atoms with E-state index in [1.54, 1.807) is 0 Å². The molecule has 0 aromatic heterocycles. The van der Waals surface area contributed by atoms with Crippen LogP contribution in [0.3, 0.4) is 0 Å². The minimum atomic E-state index is -0.581. The standard InChI is InChI=1S/C26H50O3/c1-3-5-7-9-11-15-19-23(26(27)28)20-16-13-14-18-22-25-24(29-25)21-17-12-10-8-6-4-2/h23-25H,3-22H2,1-2H3,(H,27,28). The molecular formula is C26H50O3. The zero-order chi connectivity index (χ0) is 21.2. The summed E-state index contributed by atoms with van der Waals surface area (Å²) >= 11 is 0. The highest BCUT2D eigenvalue weighted by molar-refractivity contribution is 5.69. The lowest BCUT2D eigenvalue weighted by Gasteiger charge is -2.12. The van der Waals surface area contributed by atoms with E-state index in [1.807, 2.05) is 0 Å². The van der Waals surface area contributed by atoms with Crippen molar-refractivity contribution in [1.29, 1.82) is 0 Å². The van der Waals surface area contributed by atoms with Crippen LogP contribution in [0.15, 0.2) is 0 Å². The number of ether oxygens (including phenoxy) is 1. The van der Waals surface area contributed by atoms with Crippen LogP contribution in [-0.2, 0) is 9.53 Å². The minimum absolute atomic E-state index is 0.116. The van der Waals surface area contributed by atoms with Crippen LogP contribution in [0.2, 0.25) is 0 Å². The molecule has 172 valence electrons. The van der Waals surface area contributed by atoms with Gasteiger partial charge in [-0.05, 0) is 25.7 Å². The van der Waals surface area contributed by atoms with E-state index in [9.17, 15) is 9.90 Å². The van der Waals surface area contributed by atoms with Gasteiger partial charge in [0.05, 0.1) is 18.1 Å². The molecule has 1 saturated heterocycles. The van der Waals surface area contributed by atoms with E-state index in [-0.39, 0.29) is 5.92 Å². The Balaban J connectivity index is 1.90. The highest BCUT2D eigenvalue weighted by Gasteiger charge is 2.36. The quantitative estimate of drug-likeness (QED) is 0.144. The molecule has 0 aromatic carbocycles. The average molecular weight is 411 g/mol. The zero-order valence-corrected chi connectivity index (χ0v) is 19.6. The molecule has 1 heterocycles. The van der Waals surface area contributed by atoms with Crippen molar-refractivity contribution in [3.8, 4) is 0 Å². The Morgan fingerprint density at radius 3 is 1.45 bits per heavy atom. The minimum Gasteiger partial charge on any atom is -0.481 e. The summed E-state index contributed by atoms with van der Waals surface area (Å²) in [4.78, 5) is 11.5. The largest absolute Gasteiger partial charge is 0.481 e. The Morgan fingerprint density at radius 2 is 1.03 bits per heavy atom.